The lowest BCUT2D eigenvalue weighted by Gasteiger charge is -2.34. The van der Waals surface area contributed by atoms with Crippen molar-refractivity contribution in [3.63, 3.8) is 0 Å². The summed E-state index contributed by atoms with van der Waals surface area (Å²) < 4.78 is 0. The molecular weight excluding hydrogens is 276 g/mol. The van der Waals surface area contributed by atoms with Crippen LogP contribution in [0.5, 0.6) is 0 Å². The van der Waals surface area contributed by atoms with Crippen molar-refractivity contribution in [1.29, 1.82) is 0 Å². The molecule has 1 aliphatic rings. The third-order valence-electron chi connectivity index (χ3n) is 4.38. The Hall–Kier alpha value is -1.84. The Morgan fingerprint density at radius 1 is 1.27 bits per heavy atom. The Balaban J connectivity index is 2.10. The van der Waals surface area contributed by atoms with Crippen molar-refractivity contribution < 1.29 is 9.59 Å². The summed E-state index contributed by atoms with van der Waals surface area (Å²) in [5.74, 6) is -0.622. The molecule has 0 aromatic heterocycles. The number of hydrogen-bond donors (Lipinski definition) is 1. The first-order valence-corrected chi connectivity index (χ1v) is 8.25. The Bertz CT molecular complexity index is 540. The summed E-state index contributed by atoms with van der Waals surface area (Å²) in [6.07, 6.45) is 4.03. The molecule has 1 N–H and O–H groups in total. The van der Waals surface area contributed by atoms with E-state index in [1.165, 1.54) is 0 Å². The molecule has 1 heterocycles. The van der Waals surface area contributed by atoms with E-state index in [0.717, 1.165) is 36.9 Å². The Morgan fingerprint density at radius 3 is 2.68 bits per heavy atom. The first-order valence-electron chi connectivity index (χ1n) is 8.25. The maximum Gasteiger partial charge on any atom is 0.313 e. The molecule has 22 heavy (non-hydrogen) atoms. The molecule has 1 fully saturated rings. The minimum absolute atomic E-state index is 0.201. The first kappa shape index (κ1) is 16.5. The largest absolute Gasteiger partial charge is 0.331 e. The SMILES string of the molecule is CCC1CCCCN1C(=O)C(=O)Nc1ccccc1C(C)C. The van der Waals surface area contributed by atoms with Gasteiger partial charge in [-0.15, -0.1) is 0 Å². The molecule has 2 rings (SSSR count). The zero-order chi connectivity index (χ0) is 16.1. The van der Waals surface area contributed by atoms with Gasteiger partial charge in [0.15, 0.2) is 0 Å². The molecule has 4 heteroatoms. The number of rotatable bonds is 3. The molecule has 2 amide bonds. The first-order chi connectivity index (χ1) is 10.5. The van der Waals surface area contributed by atoms with Crippen molar-refractivity contribution in [2.24, 2.45) is 0 Å². The number of piperidine rings is 1. The highest BCUT2D eigenvalue weighted by Gasteiger charge is 2.29. The molecule has 1 saturated heterocycles. The second-order valence-electron chi connectivity index (χ2n) is 6.25. The quantitative estimate of drug-likeness (QED) is 0.868. The zero-order valence-electron chi connectivity index (χ0n) is 13.8. The molecule has 120 valence electrons. The minimum Gasteiger partial charge on any atom is -0.331 e. The lowest BCUT2D eigenvalue weighted by atomic mass is 9.99. The molecule has 1 aromatic rings. The third kappa shape index (κ3) is 3.67. The molecule has 1 aliphatic heterocycles. The van der Waals surface area contributed by atoms with Gasteiger partial charge >= 0.3 is 11.8 Å². The van der Waals surface area contributed by atoms with Crippen molar-refractivity contribution in [3.05, 3.63) is 29.8 Å². The standard InChI is InChI=1S/C18H26N2O2/c1-4-14-9-7-8-12-20(14)18(22)17(21)19-16-11-6-5-10-15(16)13(2)3/h5-6,10-11,13-14H,4,7-9,12H2,1-3H3,(H,19,21). The number of amides is 2. The molecule has 0 saturated carbocycles. The van der Waals surface area contributed by atoms with E-state index in [0.29, 0.717) is 12.5 Å². The molecule has 4 nitrogen and oxygen atoms in total. The smallest absolute Gasteiger partial charge is 0.313 e. The summed E-state index contributed by atoms with van der Waals surface area (Å²) in [4.78, 5) is 26.6. The summed E-state index contributed by atoms with van der Waals surface area (Å²) >= 11 is 0. The van der Waals surface area contributed by atoms with Gasteiger partial charge in [-0.25, -0.2) is 0 Å². The second-order valence-corrected chi connectivity index (χ2v) is 6.25. The van der Waals surface area contributed by atoms with E-state index in [4.69, 9.17) is 0 Å². The summed E-state index contributed by atoms with van der Waals surface area (Å²) in [7, 11) is 0. The van der Waals surface area contributed by atoms with Gasteiger partial charge in [0.2, 0.25) is 0 Å². The number of carbonyl (C=O) groups excluding carboxylic acids is 2. The predicted molar refractivity (Wildman–Crippen MR) is 88.8 cm³/mol. The van der Waals surface area contributed by atoms with E-state index in [2.05, 4.69) is 26.1 Å². The van der Waals surface area contributed by atoms with E-state index in [1.807, 2.05) is 24.3 Å². The number of nitrogens with one attached hydrogen (secondary N) is 1. The van der Waals surface area contributed by atoms with Gasteiger partial charge in [0.25, 0.3) is 0 Å². The number of anilines is 1. The fourth-order valence-corrected chi connectivity index (χ4v) is 3.11. The van der Waals surface area contributed by atoms with Gasteiger partial charge in [-0.3, -0.25) is 9.59 Å². The van der Waals surface area contributed by atoms with Gasteiger partial charge in [0.1, 0.15) is 0 Å². The summed E-state index contributed by atoms with van der Waals surface area (Å²) in [5, 5.41) is 2.80. The van der Waals surface area contributed by atoms with Gasteiger partial charge in [-0.2, -0.15) is 0 Å². The fraction of sp³-hybridized carbons (Fsp3) is 0.556. The van der Waals surface area contributed by atoms with Crippen LogP contribution in [0.15, 0.2) is 24.3 Å². The van der Waals surface area contributed by atoms with Crippen molar-refractivity contribution in [3.8, 4) is 0 Å². The lowest BCUT2D eigenvalue weighted by Crippen LogP contribution is -2.48. The zero-order valence-corrected chi connectivity index (χ0v) is 13.8. The van der Waals surface area contributed by atoms with Gasteiger partial charge < -0.3 is 10.2 Å². The van der Waals surface area contributed by atoms with Gasteiger partial charge in [-0.1, -0.05) is 39.0 Å². The minimum atomic E-state index is -0.520. The van der Waals surface area contributed by atoms with Crippen LogP contribution in [0.4, 0.5) is 5.69 Å². The lowest BCUT2D eigenvalue weighted by molar-refractivity contribution is -0.145. The number of nitrogens with zero attached hydrogens (tertiary/aromatic N) is 1. The van der Waals surface area contributed by atoms with E-state index < -0.39 is 11.8 Å². The topological polar surface area (TPSA) is 49.4 Å². The van der Waals surface area contributed by atoms with Crippen LogP contribution in [0.1, 0.15) is 57.9 Å². The Kier molecular flexibility index (Phi) is 5.58. The molecule has 0 radical (unpaired) electrons. The maximum atomic E-state index is 12.5. The maximum absolute atomic E-state index is 12.5. The van der Waals surface area contributed by atoms with Crippen molar-refractivity contribution in [1.82, 2.24) is 4.90 Å². The molecular formula is C18H26N2O2. The third-order valence-corrected chi connectivity index (χ3v) is 4.38. The van der Waals surface area contributed by atoms with Crippen LogP contribution in [-0.4, -0.2) is 29.3 Å². The van der Waals surface area contributed by atoms with Crippen molar-refractivity contribution in [2.45, 2.75) is 58.4 Å². The van der Waals surface area contributed by atoms with Crippen LogP contribution in [0.2, 0.25) is 0 Å². The van der Waals surface area contributed by atoms with Crippen LogP contribution in [0.3, 0.4) is 0 Å². The monoisotopic (exact) mass is 302 g/mol. The van der Waals surface area contributed by atoms with Gasteiger partial charge in [-0.05, 0) is 43.2 Å². The van der Waals surface area contributed by atoms with Crippen molar-refractivity contribution >= 4 is 17.5 Å². The average Bonchev–Trinajstić information content (AvgIpc) is 2.54. The number of benzene rings is 1. The Morgan fingerprint density at radius 2 is 2.00 bits per heavy atom. The summed E-state index contributed by atoms with van der Waals surface area (Å²) in [5.41, 5.74) is 1.79. The Labute approximate surface area is 132 Å². The van der Waals surface area contributed by atoms with Crippen molar-refractivity contribution in [2.75, 3.05) is 11.9 Å². The number of para-hydroxylation sites is 1. The highest BCUT2D eigenvalue weighted by atomic mass is 16.2. The van der Waals surface area contributed by atoms with Gasteiger partial charge in [0.05, 0.1) is 0 Å². The molecule has 1 atom stereocenters. The van der Waals surface area contributed by atoms with Gasteiger partial charge in [0, 0.05) is 18.3 Å². The normalized spacial score (nSPS) is 18.4. The molecule has 1 unspecified atom stereocenters. The fourth-order valence-electron chi connectivity index (χ4n) is 3.11. The van der Waals surface area contributed by atoms with E-state index in [-0.39, 0.29) is 6.04 Å². The number of likely N-dealkylation sites (tertiary alicyclic amines) is 1. The molecule has 0 bridgehead atoms. The number of hydrogen-bond acceptors (Lipinski definition) is 2. The van der Waals surface area contributed by atoms with E-state index in [9.17, 15) is 9.59 Å². The van der Waals surface area contributed by atoms with E-state index >= 15 is 0 Å². The highest BCUT2D eigenvalue weighted by molar-refractivity contribution is 6.39. The molecule has 1 aromatic carbocycles. The van der Waals surface area contributed by atoms with E-state index in [1.54, 1.807) is 4.90 Å². The number of carbonyl (C=O) groups is 2. The predicted octanol–water partition coefficient (Wildman–Crippen LogP) is 3.54. The van der Waals surface area contributed by atoms with Crippen LogP contribution in [0, 0.1) is 0 Å². The van der Waals surface area contributed by atoms with Crippen LogP contribution in [0.25, 0.3) is 0 Å². The molecule has 0 spiro atoms. The highest BCUT2D eigenvalue weighted by Crippen LogP contribution is 2.24. The second kappa shape index (κ2) is 7.43. The summed E-state index contributed by atoms with van der Waals surface area (Å²) in [6, 6.07) is 7.87. The van der Waals surface area contributed by atoms with Crippen LogP contribution in [-0.2, 0) is 9.59 Å². The summed E-state index contributed by atoms with van der Waals surface area (Å²) in [6.45, 7) is 6.91. The van der Waals surface area contributed by atoms with Crippen LogP contribution >= 0.6 is 0 Å². The van der Waals surface area contributed by atoms with Crippen LogP contribution < -0.4 is 5.32 Å². The molecule has 0 aliphatic carbocycles. The average molecular weight is 302 g/mol.